The van der Waals surface area contributed by atoms with Crippen LogP contribution < -0.4 is 5.32 Å². The predicted octanol–water partition coefficient (Wildman–Crippen LogP) is -0.403. The minimum atomic E-state index is -0.892. The number of methoxy groups -OCH3 is 1. The van der Waals surface area contributed by atoms with Crippen molar-refractivity contribution in [2.24, 2.45) is 0 Å². The summed E-state index contributed by atoms with van der Waals surface area (Å²) in [6.07, 6.45) is 0.393. The van der Waals surface area contributed by atoms with Crippen LogP contribution in [-0.2, 0) is 14.3 Å². The van der Waals surface area contributed by atoms with E-state index in [0.717, 1.165) is 0 Å². The Morgan fingerprint density at radius 1 is 1.20 bits per heavy atom. The summed E-state index contributed by atoms with van der Waals surface area (Å²) in [5.74, 6) is -1.16. The van der Waals surface area contributed by atoms with Crippen LogP contribution in [0.1, 0.15) is 12.8 Å². The Balaban J connectivity index is 4.00. The second-order valence-corrected chi connectivity index (χ2v) is 4.40. The number of nitrogens with zero attached hydrogens (tertiary/aromatic N) is 2. The quantitative estimate of drug-likeness (QED) is 0.563. The van der Waals surface area contributed by atoms with E-state index in [1.54, 1.807) is 7.05 Å². The summed E-state index contributed by atoms with van der Waals surface area (Å²) >= 11 is 0. The highest BCUT2D eigenvalue weighted by molar-refractivity contribution is 5.83. The lowest BCUT2D eigenvalue weighted by atomic mass is 10.3. The molecule has 0 bridgehead atoms. The van der Waals surface area contributed by atoms with E-state index < -0.39 is 5.97 Å². The van der Waals surface area contributed by atoms with Gasteiger partial charge in [0, 0.05) is 40.7 Å². The molecule has 0 unspecified atom stereocenters. The second kappa shape index (κ2) is 10.0. The maximum Gasteiger partial charge on any atom is 0.319 e. The van der Waals surface area contributed by atoms with Gasteiger partial charge in [-0.2, -0.15) is 0 Å². The van der Waals surface area contributed by atoms with E-state index in [2.05, 4.69) is 5.32 Å². The Bertz CT molecular complexity index is 335. The molecular formula is C12H23N3O5. The molecule has 0 rings (SSSR count). The zero-order chi connectivity index (χ0) is 15.5. The van der Waals surface area contributed by atoms with Gasteiger partial charge in [-0.15, -0.1) is 0 Å². The van der Waals surface area contributed by atoms with Crippen LogP contribution in [0.15, 0.2) is 0 Å². The summed E-state index contributed by atoms with van der Waals surface area (Å²) in [4.78, 5) is 36.4. The Morgan fingerprint density at radius 2 is 1.85 bits per heavy atom. The van der Waals surface area contributed by atoms with Crippen molar-refractivity contribution in [3.63, 3.8) is 0 Å². The van der Waals surface area contributed by atoms with Gasteiger partial charge in [0.25, 0.3) is 0 Å². The number of carboxylic acid groups (broad SMARTS) is 1. The molecule has 0 aromatic rings. The summed E-state index contributed by atoms with van der Waals surface area (Å²) in [6.45, 7) is 1.09. The van der Waals surface area contributed by atoms with Gasteiger partial charge >= 0.3 is 12.0 Å². The zero-order valence-electron chi connectivity index (χ0n) is 12.2. The molecule has 0 atom stereocenters. The SMILES string of the molecule is COCCNC(=O)CN(C)C(=O)N(C)CCCC(=O)O. The van der Waals surface area contributed by atoms with Gasteiger partial charge in [-0.05, 0) is 6.42 Å². The molecule has 20 heavy (non-hydrogen) atoms. The molecule has 0 heterocycles. The zero-order valence-corrected chi connectivity index (χ0v) is 12.2. The number of carbonyl (C=O) groups excluding carboxylic acids is 2. The lowest BCUT2D eigenvalue weighted by molar-refractivity contribution is -0.137. The highest BCUT2D eigenvalue weighted by atomic mass is 16.5. The Labute approximate surface area is 118 Å². The molecule has 8 heteroatoms. The third-order valence-corrected chi connectivity index (χ3v) is 2.55. The summed E-state index contributed by atoms with van der Waals surface area (Å²) in [7, 11) is 4.63. The first-order valence-corrected chi connectivity index (χ1v) is 6.32. The number of aliphatic carboxylic acids is 1. The number of ether oxygens (including phenoxy) is 1. The van der Waals surface area contributed by atoms with Crippen molar-refractivity contribution in [3.05, 3.63) is 0 Å². The fraction of sp³-hybridized carbons (Fsp3) is 0.750. The fourth-order valence-corrected chi connectivity index (χ4v) is 1.49. The van der Waals surface area contributed by atoms with Crippen LogP contribution in [0.5, 0.6) is 0 Å². The summed E-state index contributed by atoms with van der Waals surface area (Å²) in [5.41, 5.74) is 0. The first kappa shape index (κ1) is 18.2. The molecule has 8 nitrogen and oxygen atoms in total. The number of amides is 3. The van der Waals surface area contributed by atoms with Gasteiger partial charge in [0.15, 0.2) is 0 Å². The van der Waals surface area contributed by atoms with Crippen LogP contribution in [0.2, 0.25) is 0 Å². The molecule has 0 aromatic carbocycles. The van der Waals surface area contributed by atoms with Crippen molar-refractivity contribution in [3.8, 4) is 0 Å². The maximum absolute atomic E-state index is 11.9. The number of hydrogen-bond acceptors (Lipinski definition) is 4. The largest absolute Gasteiger partial charge is 0.481 e. The minimum absolute atomic E-state index is 0.0127. The van der Waals surface area contributed by atoms with Crippen molar-refractivity contribution >= 4 is 17.9 Å². The number of urea groups is 1. The number of rotatable bonds is 9. The Kier molecular flexibility index (Phi) is 9.10. The molecule has 0 spiro atoms. The van der Waals surface area contributed by atoms with E-state index in [1.807, 2.05) is 0 Å². The number of carbonyl (C=O) groups is 3. The van der Waals surface area contributed by atoms with Crippen LogP contribution >= 0.6 is 0 Å². The number of likely N-dealkylation sites (N-methyl/N-ethyl adjacent to an activating group) is 1. The number of hydrogen-bond donors (Lipinski definition) is 2. The maximum atomic E-state index is 11.9. The molecule has 2 N–H and O–H groups in total. The van der Waals surface area contributed by atoms with Crippen molar-refractivity contribution < 1.29 is 24.2 Å². The molecule has 0 aliphatic heterocycles. The topological polar surface area (TPSA) is 99.2 Å². The Morgan fingerprint density at radius 3 is 2.40 bits per heavy atom. The molecule has 0 saturated heterocycles. The Hall–Kier alpha value is -1.83. The van der Waals surface area contributed by atoms with Gasteiger partial charge in [-0.1, -0.05) is 0 Å². The summed E-state index contributed by atoms with van der Waals surface area (Å²) in [5, 5.41) is 11.1. The van der Waals surface area contributed by atoms with Crippen molar-refractivity contribution in [2.75, 3.05) is 47.4 Å². The van der Waals surface area contributed by atoms with E-state index in [1.165, 1.54) is 24.0 Å². The first-order valence-electron chi connectivity index (χ1n) is 6.32. The highest BCUT2D eigenvalue weighted by Gasteiger charge is 2.16. The first-order chi connectivity index (χ1) is 9.38. The van der Waals surface area contributed by atoms with E-state index in [-0.39, 0.29) is 24.9 Å². The van der Waals surface area contributed by atoms with Gasteiger partial charge in [-0.25, -0.2) is 4.79 Å². The van der Waals surface area contributed by atoms with E-state index in [4.69, 9.17) is 9.84 Å². The van der Waals surface area contributed by atoms with Crippen LogP contribution in [0.4, 0.5) is 4.79 Å². The molecule has 0 fully saturated rings. The average molecular weight is 289 g/mol. The summed E-state index contributed by atoms with van der Waals surface area (Å²) < 4.78 is 4.80. The van der Waals surface area contributed by atoms with Crippen LogP contribution in [-0.4, -0.2) is 80.3 Å². The standard InChI is InChI=1S/C12H23N3O5/c1-14(7-4-5-11(17)18)12(19)15(2)9-10(16)13-6-8-20-3/h4-9H2,1-3H3,(H,13,16)(H,17,18). The molecule has 0 aliphatic rings. The number of nitrogens with one attached hydrogen (secondary N) is 1. The lowest BCUT2D eigenvalue weighted by Gasteiger charge is -2.24. The second-order valence-electron chi connectivity index (χ2n) is 4.40. The van der Waals surface area contributed by atoms with E-state index in [0.29, 0.717) is 26.1 Å². The van der Waals surface area contributed by atoms with Crippen LogP contribution in [0, 0.1) is 0 Å². The third-order valence-electron chi connectivity index (χ3n) is 2.55. The molecule has 0 radical (unpaired) electrons. The van der Waals surface area contributed by atoms with Gasteiger partial charge in [0.05, 0.1) is 6.61 Å². The van der Waals surface area contributed by atoms with Crippen LogP contribution in [0.3, 0.4) is 0 Å². The molecule has 116 valence electrons. The predicted molar refractivity (Wildman–Crippen MR) is 72.4 cm³/mol. The average Bonchev–Trinajstić information content (AvgIpc) is 2.37. The van der Waals surface area contributed by atoms with Crippen LogP contribution in [0.25, 0.3) is 0 Å². The number of carboxylic acids is 1. The fourth-order valence-electron chi connectivity index (χ4n) is 1.49. The summed E-state index contributed by atoms with van der Waals surface area (Å²) in [6, 6.07) is -0.322. The van der Waals surface area contributed by atoms with Crippen molar-refractivity contribution in [1.82, 2.24) is 15.1 Å². The molecule has 0 aliphatic carbocycles. The smallest absolute Gasteiger partial charge is 0.319 e. The van der Waals surface area contributed by atoms with E-state index >= 15 is 0 Å². The van der Waals surface area contributed by atoms with Gasteiger partial charge in [-0.3, -0.25) is 9.59 Å². The van der Waals surface area contributed by atoms with Gasteiger partial charge in [0.2, 0.25) is 5.91 Å². The normalized spacial score (nSPS) is 9.95. The molecule has 0 aromatic heterocycles. The molecule has 0 saturated carbocycles. The molecule has 3 amide bonds. The minimum Gasteiger partial charge on any atom is -0.481 e. The molecular weight excluding hydrogens is 266 g/mol. The third kappa shape index (κ3) is 8.30. The van der Waals surface area contributed by atoms with Gasteiger partial charge in [0.1, 0.15) is 6.54 Å². The van der Waals surface area contributed by atoms with E-state index in [9.17, 15) is 14.4 Å². The van der Waals surface area contributed by atoms with Crippen molar-refractivity contribution in [1.29, 1.82) is 0 Å². The van der Waals surface area contributed by atoms with Gasteiger partial charge < -0.3 is 25.0 Å². The monoisotopic (exact) mass is 289 g/mol. The highest BCUT2D eigenvalue weighted by Crippen LogP contribution is 1.98. The van der Waals surface area contributed by atoms with Crippen molar-refractivity contribution in [2.45, 2.75) is 12.8 Å². The lowest BCUT2D eigenvalue weighted by Crippen LogP contribution is -2.44.